The van der Waals surface area contributed by atoms with E-state index in [0.29, 0.717) is 6.04 Å². The molecule has 0 saturated carbocycles. The minimum Gasteiger partial charge on any atom is -0.489 e. The summed E-state index contributed by atoms with van der Waals surface area (Å²) in [4.78, 5) is 6.92. The molecule has 1 saturated heterocycles. The Morgan fingerprint density at radius 1 is 1.20 bits per heavy atom. The van der Waals surface area contributed by atoms with E-state index in [-0.39, 0.29) is 6.10 Å². The molecule has 5 heteroatoms. The number of piperidine rings is 1. The zero-order chi connectivity index (χ0) is 18.1. The van der Waals surface area contributed by atoms with Gasteiger partial charge in [0.05, 0.1) is 6.54 Å². The smallest absolute Gasteiger partial charge is 0.191 e. The first kappa shape index (κ1) is 19.6. The van der Waals surface area contributed by atoms with Crippen molar-refractivity contribution in [2.45, 2.75) is 45.8 Å². The quantitative estimate of drug-likeness (QED) is 0.589. The standard InChI is InChI=1S/C20H34N4O/c1-16(2)15-24-12-10-18(11-13-24)23-20(21-4)22-14-17(3)25-19-8-6-5-7-9-19/h5-9,16-18H,10-15H2,1-4H3,(H2,21,22,23). The van der Waals surface area contributed by atoms with E-state index in [9.17, 15) is 0 Å². The minimum absolute atomic E-state index is 0.0776. The lowest BCUT2D eigenvalue weighted by Crippen LogP contribution is -2.50. The third-order valence-corrected chi connectivity index (χ3v) is 4.41. The number of benzene rings is 1. The molecule has 2 N–H and O–H groups in total. The number of nitrogens with one attached hydrogen (secondary N) is 2. The zero-order valence-electron chi connectivity index (χ0n) is 16.2. The van der Waals surface area contributed by atoms with Crippen LogP contribution >= 0.6 is 0 Å². The second kappa shape index (κ2) is 10.3. The molecule has 1 aliphatic heterocycles. The lowest BCUT2D eigenvalue weighted by atomic mass is 10.0. The number of ether oxygens (including phenoxy) is 1. The number of hydrogen-bond donors (Lipinski definition) is 2. The van der Waals surface area contributed by atoms with E-state index in [1.807, 2.05) is 37.4 Å². The average molecular weight is 347 g/mol. The van der Waals surface area contributed by atoms with Crippen LogP contribution < -0.4 is 15.4 Å². The summed E-state index contributed by atoms with van der Waals surface area (Å²) < 4.78 is 5.90. The van der Waals surface area contributed by atoms with Crippen molar-refractivity contribution in [2.24, 2.45) is 10.9 Å². The fraction of sp³-hybridized carbons (Fsp3) is 0.650. The maximum atomic E-state index is 5.90. The van der Waals surface area contributed by atoms with E-state index < -0.39 is 0 Å². The second-order valence-corrected chi connectivity index (χ2v) is 7.31. The highest BCUT2D eigenvalue weighted by Crippen LogP contribution is 2.12. The summed E-state index contributed by atoms with van der Waals surface area (Å²) in [5, 5.41) is 6.94. The van der Waals surface area contributed by atoms with Gasteiger partial charge in [-0.1, -0.05) is 32.0 Å². The molecule has 0 radical (unpaired) electrons. The molecule has 1 aromatic rings. The molecule has 1 fully saturated rings. The Hall–Kier alpha value is -1.75. The molecule has 1 atom stereocenters. The largest absolute Gasteiger partial charge is 0.489 e. The van der Waals surface area contributed by atoms with Crippen LogP contribution in [0.25, 0.3) is 0 Å². The highest BCUT2D eigenvalue weighted by Gasteiger charge is 2.20. The van der Waals surface area contributed by atoms with Crippen molar-refractivity contribution >= 4 is 5.96 Å². The topological polar surface area (TPSA) is 48.9 Å². The summed E-state index contributed by atoms with van der Waals surface area (Å²) in [5.41, 5.74) is 0. The van der Waals surface area contributed by atoms with E-state index in [0.717, 1.165) is 24.2 Å². The summed E-state index contributed by atoms with van der Waals surface area (Å²) in [6.45, 7) is 10.9. The highest BCUT2D eigenvalue weighted by molar-refractivity contribution is 5.80. The van der Waals surface area contributed by atoms with Gasteiger partial charge >= 0.3 is 0 Å². The van der Waals surface area contributed by atoms with E-state index >= 15 is 0 Å². The molecule has 1 unspecified atom stereocenters. The lowest BCUT2D eigenvalue weighted by Gasteiger charge is -2.34. The molecule has 1 aliphatic rings. The van der Waals surface area contributed by atoms with Gasteiger partial charge in [-0.2, -0.15) is 0 Å². The highest BCUT2D eigenvalue weighted by atomic mass is 16.5. The maximum absolute atomic E-state index is 5.90. The van der Waals surface area contributed by atoms with Gasteiger partial charge in [-0.05, 0) is 37.8 Å². The Kier molecular flexibility index (Phi) is 8.06. The summed E-state index contributed by atoms with van der Waals surface area (Å²) >= 11 is 0. The van der Waals surface area contributed by atoms with Gasteiger partial charge in [0.1, 0.15) is 11.9 Å². The first-order chi connectivity index (χ1) is 12.1. The molecular weight excluding hydrogens is 312 g/mol. The number of rotatable bonds is 7. The van der Waals surface area contributed by atoms with Gasteiger partial charge in [0.25, 0.3) is 0 Å². The Morgan fingerprint density at radius 2 is 1.88 bits per heavy atom. The first-order valence-corrected chi connectivity index (χ1v) is 9.48. The molecular formula is C20H34N4O. The molecule has 1 heterocycles. The van der Waals surface area contributed by atoms with E-state index in [1.54, 1.807) is 0 Å². The normalized spacial score (nSPS) is 18.2. The molecule has 0 spiro atoms. The third kappa shape index (κ3) is 7.34. The summed E-state index contributed by atoms with van der Waals surface area (Å²) in [5.74, 6) is 2.51. The molecule has 25 heavy (non-hydrogen) atoms. The molecule has 0 amide bonds. The van der Waals surface area contributed by atoms with Crippen molar-refractivity contribution in [3.63, 3.8) is 0 Å². The molecule has 0 aromatic heterocycles. The van der Waals surface area contributed by atoms with E-state index in [4.69, 9.17) is 4.74 Å². The van der Waals surface area contributed by atoms with Gasteiger partial charge in [0.15, 0.2) is 5.96 Å². The van der Waals surface area contributed by atoms with Crippen LogP contribution in [0.3, 0.4) is 0 Å². The first-order valence-electron chi connectivity index (χ1n) is 9.48. The Bertz CT molecular complexity index is 510. The Balaban J connectivity index is 1.69. The summed E-state index contributed by atoms with van der Waals surface area (Å²) in [7, 11) is 1.83. The van der Waals surface area contributed by atoms with Crippen LogP contribution in [0.4, 0.5) is 0 Å². The molecule has 140 valence electrons. The monoisotopic (exact) mass is 346 g/mol. The average Bonchev–Trinajstić information content (AvgIpc) is 2.60. The molecule has 2 rings (SSSR count). The Morgan fingerprint density at radius 3 is 2.48 bits per heavy atom. The van der Waals surface area contributed by atoms with E-state index in [1.165, 1.54) is 32.5 Å². The van der Waals surface area contributed by atoms with Gasteiger partial charge < -0.3 is 20.3 Å². The predicted molar refractivity (Wildman–Crippen MR) is 105 cm³/mol. The van der Waals surface area contributed by atoms with Crippen LogP contribution in [0.5, 0.6) is 5.75 Å². The predicted octanol–water partition coefficient (Wildman–Crippen LogP) is 2.74. The number of guanidine groups is 1. The number of para-hydroxylation sites is 1. The number of likely N-dealkylation sites (tertiary alicyclic amines) is 1. The van der Waals surface area contributed by atoms with Crippen molar-refractivity contribution in [3.05, 3.63) is 30.3 Å². The van der Waals surface area contributed by atoms with Crippen LogP contribution in [0.1, 0.15) is 33.6 Å². The van der Waals surface area contributed by atoms with E-state index in [2.05, 4.69) is 41.3 Å². The van der Waals surface area contributed by atoms with Crippen LogP contribution in [0.2, 0.25) is 0 Å². The number of hydrogen-bond acceptors (Lipinski definition) is 3. The third-order valence-electron chi connectivity index (χ3n) is 4.41. The van der Waals surface area contributed by atoms with Crippen LogP contribution in [-0.4, -0.2) is 56.2 Å². The van der Waals surface area contributed by atoms with Crippen molar-refractivity contribution in [1.82, 2.24) is 15.5 Å². The summed E-state index contributed by atoms with van der Waals surface area (Å²) in [6.07, 6.45) is 2.42. The fourth-order valence-electron chi connectivity index (χ4n) is 3.18. The molecule has 0 aliphatic carbocycles. The van der Waals surface area contributed by atoms with Crippen LogP contribution in [0.15, 0.2) is 35.3 Å². The fourth-order valence-corrected chi connectivity index (χ4v) is 3.18. The van der Waals surface area contributed by atoms with Gasteiger partial charge in [-0.15, -0.1) is 0 Å². The molecule has 5 nitrogen and oxygen atoms in total. The van der Waals surface area contributed by atoms with Crippen LogP contribution in [-0.2, 0) is 0 Å². The van der Waals surface area contributed by atoms with Gasteiger partial charge in [0, 0.05) is 32.7 Å². The van der Waals surface area contributed by atoms with Crippen molar-refractivity contribution in [3.8, 4) is 5.75 Å². The van der Waals surface area contributed by atoms with Gasteiger partial charge in [-0.25, -0.2) is 0 Å². The maximum Gasteiger partial charge on any atom is 0.191 e. The van der Waals surface area contributed by atoms with Crippen molar-refractivity contribution in [1.29, 1.82) is 0 Å². The number of nitrogens with zero attached hydrogens (tertiary/aromatic N) is 2. The van der Waals surface area contributed by atoms with Crippen molar-refractivity contribution < 1.29 is 4.74 Å². The Labute approximate surface area is 152 Å². The number of aliphatic imine (C=N–C) groups is 1. The van der Waals surface area contributed by atoms with Gasteiger partial charge in [-0.3, -0.25) is 4.99 Å². The second-order valence-electron chi connectivity index (χ2n) is 7.31. The van der Waals surface area contributed by atoms with Gasteiger partial charge in [0.2, 0.25) is 0 Å². The SMILES string of the molecule is CN=C(NCC(C)Oc1ccccc1)NC1CCN(CC(C)C)CC1. The minimum atomic E-state index is 0.0776. The van der Waals surface area contributed by atoms with Crippen molar-refractivity contribution in [2.75, 3.05) is 33.2 Å². The molecule has 1 aromatic carbocycles. The lowest BCUT2D eigenvalue weighted by molar-refractivity contribution is 0.186. The summed E-state index contributed by atoms with van der Waals surface area (Å²) in [6, 6.07) is 10.4. The zero-order valence-corrected chi connectivity index (χ0v) is 16.2. The van der Waals surface area contributed by atoms with Crippen LogP contribution in [0, 0.1) is 5.92 Å². The molecule has 0 bridgehead atoms.